The van der Waals surface area contributed by atoms with Crippen molar-refractivity contribution in [3.8, 4) is 0 Å². The summed E-state index contributed by atoms with van der Waals surface area (Å²) in [5.74, 6) is -0.470. The largest absolute Gasteiger partial charge is 0.326 e. The minimum absolute atomic E-state index is 0.0156. The molecular weight excluding hydrogens is 498 g/mol. The number of aromatic nitrogens is 2. The third-order valence-corrected chi connectivity index (χ3v) is 9.00. The molecule has 0 amide bonds. The van der Waals surface area contributed by atoms with E-state index in [1.54, 1.807) is 36.4 Å². The van der Waals surface area contributed by atoms with Crippen LogP contribution in [0.15, 0.2) is 106 Å². The molecule has 0 atom stereocenters. The number of ketones is 1. The van der Waals surface area contributed by atoms with E-state index in [1.165, 1.54) is 12.1 Å². The molecule has 0 saturated carbocycles. The summed E-state index contributed by atoms with van der Waals surface area (Å²) in [7, 11) is -7.87. The van der Waals surface area contributed by atoms with Gasteiger partial charge in [0.25, 0.3) is 0 Å². The van der Waals surface area contributed by atoms with Gasteiger partial charge in [0.2, 0.25) is 25.0 Å². The van der Waals surface area contributed by atoms with E-state index in [4.69, 9.17) is 0 Å². The van der Waals surface area contributed by atoms with Crippen molar-refractivity contribution >= 4 is 47.2 Å². The van der Waals surface area contributed by atoms with Crippen molar-refractivity contribution in [2.45, 2.75) is 21.4 Å². The van der Waals surface area contributed by atoms with Crippen LogP contribution in [-0.4, -0.2) is 39.1 Å². The minimum Gasteiger partial charge on any atom is -0.326 e. The number of benzene rings is 4. The summed E-state index contributed by atoms with van der Waals surface area (Å²) in [5.41, 5.74) is -0.0156. The summed E-state index contributed by atoms with van der Waals surface area (Å²) < 4.78 is 54.5. The molecule has 1 aromatic heterocycles. The van der Waals surface area contributed by atoms with E-state index < -0.39 is 25.6 Å². The normalized spacial score (nSPS) is 12.2. The molecule has 8 nitrogen and oxygen atoms in total. The highest BCUT2D eigenvalue weighted by atomic mass is 32.2. The lowest BCUT2D eigenvalue weighted by Gasteiger charge is -2.09. The number of carbonyl (C=O) groups excluding carboxylic acids is 1. The van der Waals surface area contributed by atoms with Crippen molar-refractivity contribution in [1.29, 1.82) is 0 Å². The van der Waals surface area contributed by atoms with Gasteiger partial charge in [-0.05, 0) is 22.9 Å². The molecule has 0 unspecified atom stereocenters. The van der Waals surface area contributed by atoms with E-state index in [0.29, 0.717) is 10.8 Å². The van der Waals surface area contributed by atoms with E-state index in [0.717, 1.165) is 17.0 Å². The number of hydrogen-bond donors (Lipinski definition) is 2. The van der Waals surface area contributed by atoms with Crippen LogP contribution in [0.5, 0.6) is 0 Å². The Hall–Kier alpha value is -3.86. The molecule has 0 spiro atoms. The number of nitrogens with zero attached hydrogens (tertiary/aromatic N) is 1. The average Bonchev–Trinajstić information content (AvgIpc) is 3.39. The van der Waals surface area contributed by atoms with Crippen LogP contribution in [0.3, 0.4) is 0 Å². The number of sulfone groups is 1. The van der Waals surface area contributed by atoms with Gasteiger partial charge in [-0.1, -0.05) is 72.8 Å². The third kappa shape index (κ3) is 4.41. The Bertz CT molecular complexity index is 1820. The number of rotatable bonds is 8. The number of sulfonamides is 1. The minimum atomic E-state index is -4.01. The number of imidazole rings is 1. The van der Waals surface area contributed by atoms with Crippen molar-refractivity contribution in [1.82, 2.24) is 14.7 Å². The average molecular weight is 520 g/mol. The predicted octanol–water partition coefficient (Wildman–Crippen LogP) is 4.10. The van der Waals surface area contributed by atoms with Crippen LogP contribution in [0.2, 0.25) is 0 Å². The first-order valence-electron chi connectivity index (χ1n) is 11.1. The molecule has 0 radical (unpaired) electrons. The molecule has 0 aliphatic carbocycles. The van der Waals surface area contributed by atoms with Gasteiger partial charge in [-0.3, -0.25) is 4.79 Å². The molecule has 10 heteroatoms. The predicted molar refractivity (Wildman–Crippen MR) is 136 cm³/mol. The fraction of sp³-hybridized carbons (Fsp3) is 0.0769. The molecule has 36 heavy (non-hydrogen) atoms. The fourth-order valence-corrected chi connectivity index (χ4v) is 6.69. The number of Topliss-reactive ketones (excluding diaryl/α,β-unsaturated/α-hetero) is 1. The highest BCUT2D eigenvalue weighted by Gasteiger charge is 2.25. The standard InChI is InChI=1S/C26H21N3O5S2/c30-23(15-16-28-36(33,34)25-14-6-10-19-8-2-4-12-21(19)25)22-17-27-26(29-22)35(31,32)24-13-5-9-18-7-1-3-11-20(18)24/h1-14,17,28H,15-16H2,(H,27,29). The molecule has 1 heterocycles. The number of nitrogens with one attached hydrogen (secondary N) is 2. The summed E-state index contributed by atoms with van der Waals surface area (Å²) in [6, 6.07) is 24.1. The Labute approximate surface area is 208 Å². The van der Waals surface area contributed by atoms with E-state index in [1.807, 2.05) is 36.4 Å². The fourth-order valence-electron chi connectivity index (χ4n) is 4.06. The molecule has 5 aromatic rings. The SMILES string of the molecule is O=C(CCNS(=O)(=O)c1cccc2ccccc12)c1cnc(S(=O)(=O)c2cccc3ccccc23)[nH]1. The second kappa shape index (κ2) is 9.30. The second-order valence-electron chi connectivity index (χ2n) is 8.13. The quantitative estimate of drug-likeness (QED) is 0.297. The molecule has 5 rings (SSSR count). The Kier molecular flexibility index (Phi) is 6.17. The second-order valence-corrected chi connectivity index (χ2v) is 11.7. The van der Waals surface area contributed by atoms with Gasteiger partial charge in [0.05, 0.1) is 16.0 Å². The molecule has 0 aliphatic heterocycles. The Morgan fingerprint density at radius 1 is 0.750 bits per heavy atom. The van der Waals surface area contributed by atoms with Gasteiger partial charge < -0.3 is 4.98 Å². The smallest absolute Gasteiger partial charge is 0.241 e. The monoisotopic (exact) mass is 519 g/mol. The van der Waals surface area contributed by atoms with Crippen LogP contribution in [0.1, 0.15) is 16.9 Å². The van der Waals surface area contributed by atoms with Crippen molar-refractivity contribution in [2.75, 3.05) is 6.54 Å². The number of fused-ring (bicyclic) bond motifs is 2. The maximum atomic E-state index is 13.2. The van der Waals surface area contributed by atoms with Crippen LogP contribution in [-0.2, 0) is 19.9 Å². The Balaban J connectivity index is 1.31. The van der Waals surface area contributed by atoms with Gasteiger partial charge in [-0.15, -0.1) is 0 Å². The van der Waals surface area contributed by atoms with E-state index >= 15 is 0 Å². The zero-order valence-corrected chi connectivity index (χ0v) is 20.5. The van der Waals surface area contributed by atoms with Crippen molar-refractivity contribution in [3.05, 3.63) is 96.8 Å². The summed E-state index contributed by atoms with van der Waals surface area (Å²) in [6.07, 6.45) is 0.972. The topological polar surface area (TPSA) is 126 Å². The van der Waals surface area contributed by atoms with Crippen molar-refractivity contribution in [3.63, 3.8) is 0 Å². The van der Waals surface area contributed by atoms with E-state index in [-0.39, 0.29) is 33.6 Å². The zero-order chi connectivity index (χ0) is 25.3. The Morgan fingerprint density at radius 2 is 1.31 bits per heavy atom. The highest BCUT2D eigenvalue weighted by molar-refractivity contribution is 7.91. The van der Waals surface area contributed by atoms with Crippen LogP contribution in [0.25, 0.3) is 21.5 Å². The number of H-pyrrole nitrogens is 1. The molecule has 0 fully saturated rings. The van der Waals surface area contributed by atoms with Gasteiger partial charge >= 0.3 is 0 Å². The van der Waals surface area contributed by atoms with Crippen molar-refractivity contribution < 1.29 is 21.6 Å². The van der Waals surface area contributed by atoms with Gasteiger partial charge in [-0.25, -0.2) is 26.5 Å². The van der Waals surface area contributed by atoms with Crippen LogP contribution < -0.4 is 4.72 Å². The van der Waals surface area contributed by atoms with Crippen molar-refractivity contribution in [2.24, 2.45) is 0 Å². The number of aromatic amines is 1. The van der Waals surface area contributed by atoms with E-state index in [2.05, 4.69) is 14.7 Å². The molecule has 4 aromatic carbocycles. The summed E-state index contributed by atoms with van der Waals surface area (Å²) in [5, 5.41) is 2.33. The van der Waals surface area contributed by atoms with Crippen LogP contribution in [0, 0.1) is 0 Å². The first-order valence-corrected chi connectivity index (χ1v) is 14.0. The lowest BCUT2D eigenvalue weighted by Crippen LogP contribution is -2.26. The lowest BCUT2D eigenvalue weighted by atomic mass is 10.1. The number of hydrogen-bond acceptors (Lipinski definition) is 6. The van der Waals surface area contributed by atoms with Crippen LogP contribution in [0.4, 0.5) is 0 Å². The summed E-state index contributed by atoms with van der Waals surface area (Å²) in [6.45, 7) is -0.158. The molecular formula is C26H21N3O5S2. The highest BCUT2D eigenvalue weighted by Crippen LogP contribution is 2.27. The summed E-state index contributed by atoms with van der Waals surface area (Å²) in [4.78, 5) is 19.4. The van der Waals surface area contributed by atoms with Gasteiger partial charge in [-0.2, -0.15) is 0 Å². The lowest BCUT2D eigenvalue weighted by molar-refractivity contribution is 0.0980. The zero-order valence-electron chi connectivity index (χ0n) is 18.9. The molecule has 182 valence electrons. The Morgan fingerprint density at radius 3 is 1.97 bits per heavy atom. The maximum absolute atomic E-state index is 13.2. The van der Waals surface area contributed by atoms with Gasteiger partial charge in [0.15, 0.2) is 5.78 Å². The first-order chi connectivity index (χ1) is 17.3. The van der Waals surface area contributed by atoms with Gasteiger partial charge in [0.1, 0.15) is 5.69 Å². The molecule has 0 bridgehead atoms. The molecule has 0 aliphatic rings. The molecule has 2 N–H and O–H groups in total. The summed E-state index contributed by atoms with van der Waals surface area (Å²) >= 11 is 0. The van der Waals surface area contributed by atoms with Crippen LogP contribution >= 0.6 is 0 Å². The van der Waals surface area contributed by atoms with E-state index in [9.17, 15) is 21.6 Å². The first kappa shape index (κ1) is 23.9. The number of carbonyl (C=O) groups is 1. The maximum Gasteiger partial charge on any atom is 0.241 e. The molecule has 0 saturated heterocycles. The third-order valence-electron chi connectivity index (χ3n) is 5.83. The van der Waals surface area contributed by atoms with Gasteiger partial charge in [0, 0.05) is 23.7 Å².